The molecule has 2 aromatic rings. The predicted octanol–water partition coefficient (Wildman–Crippen LogP) is 4.59. The molecule has 1 saturated carbocycles. The van der Waals surface area contributed by atoms with Gasteiger partial charge in [0, 0.05) is 18.6 Å². The van der Waals surface area contributed by atoms with Gasteiger partial charge in [-0.1, -0.05) is 17.7 Å². The minimum absolute atomic E-state index is 0.0211. The Balaban J connectivity index is 1.87. The molecule has 1 fully saturated rings. The molecule has 1 aromatic heterocycles. The SMILES string of the molecule is C[C@@H](N)c1ccc(N(Cc2ccsc2)C2CC2)c(Cl)c1. The molecule has 2 nitrogen and oxygen atoms in total. The molecule has 1 heterocycles. The van der Waals surface area contributed by atoms with E-state index < -0.39 is 0 Å². The van der Waals surface area contributed by atoms with Crippen LogP contribution >= 0.6 is 22.9 Å². The van der Waals surface area contributed by atoms with E-state index >= 15 is 0 Å². The maximum atomic E-state index is 6.49. The largest absolute Gasteiger partial charge is 0.363 e. The molecular formula is C16H19ClN2S. The molecule has 106 valence electrons. The van der Waals surface area contributed by atoms with Crippen LogP contribution < -0.4 is 10.6 Å². The zero-order valence-electron chi connectivity index (χ0n) is 11.6. The molecule has 3 rings (SSSR count). The van der Waals surface area contributed by atoms with Crippen LogP contribution in [0.2, 0.25) is 5.02 Å². The van der Waals surface area contributed by atoms with Crippen LogP contribution in [0.3, 0.4) is 0 Å². The normalized spacial score (nSPS) is 16.1. The lowest BCUT2D eigenvalue weighted by atomic mass is 10.1. The summed E-state index contributed by atoms with van der Waals surface area (Å²) in [5.74, 6) is 0. The summed E-state index contributed by atoms with van der Waals surface area (Å²) in [5.41, 5.74) is 9.49. The van der Waals surface area contributed by atoms with Crippen molar-refractivity contribution in [3.8, 4) is 0 Å². The van der Waals surface area contributed by atoms with Gasteiger partial charge in [-0.3, -0.25) is 0 Å². The third kappa shape index (κ3) is 3.00. The van der Waals surface area contributed by atoms with Crippen LogP contribution in [0.15, 0.2) is 35.0 Å². The van der Waals surface area contributed by atoms with Crippen LogP contribution in [-0.4, -0.2) is 6.04 Å². The van der Waals surface area contributed by atoms with Crippen molar-refractivity contribution in [2.24, 2.45) is 5.73 Å². The summed E-state index contributed by atoms with van der Waals surface area (Å²) in [7, 11) is 0. The number of thiophene rings is 1. The molecule has 1 aromatic carbocycles. The van der Waals surface area contributed by atoms with Crippen molar-refractivity contribution in [2.45, 2.75) is 38.4 Å². The van der Waals surface area contributed by atoms with Gasteiger partial charge in [-0.05, 0) is 59.9 Å². The van der Waals surface area contributed by atoms with Gasteiger partial charge in [0.25, 0.3) is 0 Å². The fraction of sp³-hybridized carbons (Fsp3) is 0.375. The van der Waals surface area contributed by atoms with E-state index in [1.54, 1.807) is 11.3 Å². The van der Waals surface area contributed by atoms with Gasteiger partial charge in [-0.15, -0.1) is 0 Å². The third-order valence-electron chi connectivity index (χ3n) is 3.73. The highest BCUT2D eigenvalue weighted by molar-refractivity contribution is 7.07. The first-order valence-electron chi connectivity index (χ1n) is 6.98. The molecule has 0 unspecified atom stereocenters. The van der Waals surface area contributed by atoms with Gasteiger partial charge in [0.15, 0.2) is 0 Å². The van der Waals surface area contributed by atoms with Crippen molar-refractivity contribution < 1.29 is 0 Å². The average Bonchev–Trinajstić information content (AvgIpc) is 3.14. The van der Waals surface area contributed by atoms with Gasteiger partial charge in [-0.25, -0.2) is 0 Å². The minimum Gasteiger partial charge on any atom is -0.363 e. The average molecular weight is 307 g/mol. The van der Waals surface area contributed by atoms with Gasteiger partial charge in [0.1, 0.15) is 0 Å². The molecule has 4 heteroatoms. The number of halogens is 1. The molecule has 20 heavy (non-hydrogen) atoms. The molecule has 1 atom stereocenters. The standard InChI is InChI=1S/C16H19ClN2S/c1-11(18)13-2-5-16(15(17)8-13)19(14-3-4-14)9-12-6-7-20-10-12/h2,5-8,10-11,14H,3-4,9,18H2,1H3/t11-/m1/s1. The Morgan fingerprint density at radius 1 is 1.40 bits per heavy atom. The van der Waals surface area contributed by atoms with Crippen LogP contribution in [0.25, 0.3) is 0 Å². The van der Waals surface area contributed by atoms with Gasteiger partial charge in [0.05, 0.1) is 10.7 Å². The second-order valence-electron chi connectivity index (χ2n) is 5.49. The Bertz CT molecular complexity index is 576. The highest BCUT2D eigenvalue weighted by Gasteiger charge is 2.30. The molecule has 0 spiro atoms. The van der Waals surface area contributed by atoms with Crippen molar-refractivity contribution >= 4 is 28.6 Å². The maximum absolute atomic E-state index is 6.49. The number of anilines is 1. The van der Waals surface area contributed by atoms with Crippen LogP contribution in [-0.2, 0) is 6.54 Å². The second kappa shape index (κ2) is 5.76. The van der Waals surface area contributed by atoms with Crippen LogP contribution in [0, 0.1) is 0 Å². The molecule has 2 N–H and O–H groups in total. The van der Waals surface area contributed by atoms with E-state index in [1.165, 1.54) is 18.4 Å². The molecule has 1 aliphatic rings. The number of hydrogen-bond donors (Lipinski definition) is 1. The predicted molar refractivity (Wildman–Crippen MR) is 87.6 cm³/mol. The Labute approximate surface area is 129 Å². The van der Waals surface area contributed by atoms with Crippen molar-refractivity contribution in [2.75, 3.05) is 4.90 Å². The van der Waals surface area contributed by atoms with Crippen molar-refractivity contribution in [3.05, 3.63) is 51.2 Å². The number of rotatable bonds is 5. The lowest BCUT2D eigenvalue weighted by Crippen LogP contribution is -2.25. The fourth-order valence-electron chi connectivity index (χ4n) is 2.42. The van der Waals surface area contributed by atoms with Crippen molar-refractivity contribution in [1.29, 1.82) is 0 Å². The first-order valence-corrected chi connectivity index (χ1v) is 8.30. The quantitative estimate of drug-likeness (QED) is 0.875. The first kappa shape index (κ1) is 13.9. The van der Waals surface area contributed by atoms with E-state index in [2.05, 4.69) is 33.9 Å². The Hall–Kier alpha value is -1.03. The zero-order chi connectivity index (χ0) is 14.1. The number of nitrogens with zero attached hydrogens (tertiary/aromatic N) is 1. The molecular weight excluding hydrogens is 288 g/mol. The molecule has 0 saturated heterocycles. The fourth-order valence-corrected chi connectivity index (χ4v) is 3.37. The minimum atomic E-state index is 0.0211. The summed E-state index contributed by atoms with van der Waals surface area (Å²) < 4.78 is 0. The highest BCUT2D eigenvalue weighted by Crippen LogP contribution is 2.37. The van der Waals surface area contributed by atoms with Crippen LogP contribution in [0.1, 0.15) is 36.9 Å². The van der Waals surface area contributed by atoms with E-state index in [9.17, 15) is 0 Å². The second-order valence-corrected chi connectivity index (χ2v) is 6.68. The zero-order valence-corrected chi connectivity index (χ0v) is 13.1. The van der Waals surface area contributed by atoms with Gasteiger partial charge in [0.2, 0.25) is 0 Å². The number of benzene rings is 1. The molecule has 0 bridgehead atoms. The molecule has 1 aliphatic carbocycles. The van der Waals surface area contributed by atoms with Crippen LogP contribution in [0.5, 0.6) is 0 Å². The lowest BCUT2D eigenvalue weighted by Gasteiger charge is -2.26. The van der Waals surface area contributed by atoms with E-state index in [-0.39, 0.29) is 6.04 Å². The highest BCUT2D eigenvalue weighted by atomic mass is 35.5. The maximum Gasteiger partial charge on any atom is 0.0643 e. The summed E-state index contributed by atoms with van der Waals surface area (Å²) >= 11 is 8.23. The summed E-state index contributed by atoms with van der Waals surface area (Å²) in [6.07, 6.45) is 2.52. The number of nitrogens with two attached hydrogens (primary N) is 1. The summed E-state index contributed by atoms with van der Waals surface area (Å²) in [5, 5.41) is 5.14. The monoisotopic (exact) mass is 306 g/mol. The molecule has 0 aliphatic heterocycles. The van der Waals surface area contributed by atoms with E-state index in [4.69, 9.17) is 17.3 Å². The van der Waals surface area contributed by atoms with E-state index in [0.29, 0.717) is 6.04 Å². The van der Waals surface area contributed by atoms with E-state index in [1.807, 2.05) is 13.0 Å². The third-order valence-corrected chi connectivity index (χ3v) is 4.76. The smallest absolute Gasteiger partial charge is 0.0643 e. The van der Waals surface area contributed by atoms with Crippen molar-refractivity contribution in [1.82, 2.24) is 0 Å². The Morgan fingerprint density at radius 3 is 2.75 bits per heavy atom. The Morgan fingerprint density at radius 2 is 2.20 bits per heavy atom. The lowest BCUT2D eigenvalue weighted by molar-refractivity contribution is 0.791. The summed E-state index contributed by atoms with van der Waals surface area (Å²) in [6.45, 7) is 2.92. The molecule has 0 amide bonds. The first-order chi connectivity index (χ1) is 9.65. The van der Waals surface area contributed by atoms with Gasteiger partial charge in [-0.2, -0.15) is 11.3 Å². The summed E-state index contributed by atoms with van der Waals surface area (Å²) in [6, 6.07) is 9.05. The Kier molecular flexibility index (Phi) is 4.01. The topological polar surface area (TPSA) is 29.3 Å². The summed E-state index contributed by atoms with van der Waals surface area (Å²) in [4.78, 5) is 2.43. The molecule has 0 radical (unpaired) electrons. The number of hydrogen-bond acceptors (Lipinski definition) is 3. The van der Waals surface area contributed by atoms with Gasteiger partial charge >= 0.3 is 0 Å². The van der Waals surface area contributed by atoms with Crippen LogP contribution in [0.4, 0.5) is 5.69 Å². The van der Waals surface area contributed by atoms with Gasteiger partial charge < -0.3 is 10.6 Å². The van der Waals surface area contributed by atoms with E-state index in [0.717, 1.165) is 22.8 Å². The van der Waals surface area contributed by atoms with Crippen molar-refractivity contribution in [3.63, 3.8) is 0 Å².